The highest BCUT2D eigenvalue weighted by molar-refractivity contribution is 7.89. The fourth-order valence-corrected chi connectivity index (χ4v) is 5.88. The summed E-state index contributed by atoms with van der Waals surface area (Å²) >= 11 is 0. The second-order valence-corrected chi connectivity index (χ2v) is 9.27. The van der Waals surface area contributed by atoms with Crippen LogP contribution in [0.3, 0.4) is 0 Å². The molecule has 0 saturated heterocycles. The van der Waals surface area contributed by atoms with Crippen LogP contribution in [0, 0.1) is 12.8 Å². The molecule has 0 radical (unpaired) electrons. The van der Waals surface area contributed by atoms with Crippen LogP contribution < -0.4 is 10.0 Å². The minimum Gasteiger partial charge on any atom is -0.311 e. The molecule has 2 bridgehead atoms. The number of nitrogens with zero attached hydrogens (tertiary/aromatic N) is 2. The Kier molecular flexibility index (Phi) is 4.27. The Morgan fingerprint density at radius 1 is 1.22 bits per heavy atom. The minimum atomic E-state index is -3.65. The fourth-order valence-electron chi connectivity index (χ4n) is 4.21. The molecule has 5 rings (SSSR count). The number of rotatable bonds is 5. The number of sulfonamides is 1. The maximum atomic E-state index is 13.0. The molecule has 2 heterocycles. The number of pyridine rings is 2. The predicted octanol–water partition coefficient (Wildman–Crippen LogP) is 2.63. The number of aryl methyl sites for hydroxylation is 1. The van der Waals surface area contributed by atoms with Gasteiger partial charge in [0.25, 0.3) is 0 Å². The van der Waals surface area contributed by atoms with Gasteiger partial charge in [-0.1, -0.05) is 0 Å². The summed E-state index contributed by atoms with van der Waals surface area (Å²) in [6.07, 6.45) is 7.08. The highest BCUT2D eigenvalue weighted by atomic mass is 32.2. The van der Waals surface area contributed by atoms with Crippen molar-refractivity contribution in [1.29, 1.82) is 0 Å². The number of fused-ring (bicyclic) bond motifs is 1. The van der Waals surface area contributed by atoms with E-state index >= 15 is 0 Å². The molecule has 1 amide bonds. The predicted molar refractivity (Wildman–Crippen MR) is 102 cm³/mol. The second kappa shape index (κ2) is 6.38. The van der Waals surface area contributed by atoms with E-state index in [2.05, 4.69) is 20.0 Å². The zero-order chi connectivity index (χ0) is 19.2. The Labute approximate surface area is 158 Å². The third-order valence-electron chi connectivity index (χ3n) is 5.47. The first-order chi connectivity index (χ1) is 12.8. The first kappa shape index (κ1) is 18.1. The standard InChI is InChI=1S/C19H22N4O3S/c1-12-17(27(25,26)23-19-5-3-14(9-19)10-19)7-16(11-21-12)15-4-6-20-18(8-15)22-13(2)24/h4,6-8,11,14,23H,3,5,9-10H2,1-2H3,(H,20,22,24). The van der Waals surface area contributed by atoms with Gasteiger partial charge in [0.2, 0.25) is 15.9 Å². The van der Waals surface area contributed by atoms with E-state index in [4.69, 9.17) is 0 Å². The van der Waals surface area contributed by atoms with E-state index in [0.29, 0.717) is 23.0 Å². The summed E-state index contributed by atoms with van der Waals surface area (Å²) in [5, 5.41) is 2.63. The van der Waals surface area contributed by atoms with Crippen LogP contribution in [0.25, 0.3) is 11.1 Å². The Hall–Kier alpha value is -2.32. The van der Waals surface area contributed by atoms with E-state index in [9.17, 15) is 13.2 Å². The Morgan fingerprint density at radius 2 is 2.00 bits per heavy atom. The normalized spacial score (nSPS) is 23.7. The van der Waals surface area contributed by atoms with E-state index < -0.39 is 10.0 Å². The molecule has 0 spiro atoms. The number of aromatic nitrogens is 2. The van der Waals surface area contributed by atoms with Crippen molar-refractivity contribution in [3.05, 3.63) is 36.3 Å². The molecular weight excluding hydrogens is 364 g/mol. The number of hydrogen-bond donors (Lipinski definition) is 2. The molecule has 7 nitrogen and oxygen atoms in total. The van der Waals surface area contributed by atoms with Gasteiger partial charge in [-0.2, -0.15) is 0 Å². The highest BCUT2D eigenvalue weighted by Crippen LogP contribution is 2.52. The average molecular weight is 386 g/mol. The van der Waals surface area contributed by atoms with Crippen LogP contribution in [0.4, 0.5) is 5.82 Å². The smallest absolute Gasteiger partial charge is 0.242 e. The molecule has 2 N–H and O–H groups in total. The zero-order valence-corrected chi connectivity index (χ0v) is 16.1. The van der Waals surface area contributed by atoms with Gasteiger partial charge in [0, 0.05) is 30.4 Å². The van der Waals surface area contributed by atoms with E-state index in [-0.39, 0.29) is 16.3 Å². The lowest BCUT2D eigenvalue weighted by atomic mass is 9.78. The van der Waals surface area contributed by atoms with Crippen LogP contribution in [0.1, 0.15) is 38.3 Å². The van der Waals surface area contributed by atoms with Crippen LogP contribution in [-0.4, -0.2) is 29.8 Å². The van der Waals surface area contributed by atoms with Gasteiger partial charge in [-0.15, -0.1) is 0 Å². The van der Waals surface area contributed by atoms with Crippen molar-refractivity contribution in [2.75, 3.05) is 5.32 Å². The largest absolute Gasteiger partial charge is 0.311 e. The van der Waals surface area contributed by atoms with Crippen LogP contribution in [0.5, 0.6) is 0 Å². The molecule has 3 saturated carbocycles. The van der Waals surface area contributed by atoms with Gasteiger partial charge in [-0.05, 0) is 62.3 Å². The van der Waals surface area contributed by atoms with Crippen molar-refractivity contribution in [2.24, 2.45) is 5.92 Å². The second-order valence-electron chi connectivity index (χ2n) is 7.62. The van der Waals surface area contributed by atoms with E-state index in [1.54, 1.807) is 37.5 Å². The Morgan fingerprint density at radius 3 is 2.67 bits per heavy atom. The third-order valence-corrected chi connectivity index (χ3v) is 7.16. The molecule has 3 fully saturated rings. The fraction of sp³-hybridized carbons (Fsp3) is 0.421. The maximum absolute atomic E-state index is 13.0. The van der Waals surface area contributed by atoms with Crippen molar-refractivity contribution < 1.29 is 13.2 Å². The minimum absolute atomic E-state index is 0.197. The third kappa shape index (κ3) is 3.46. The number of carbonyl (C=O) groups excluding carboxylic acids is 1. The Balaban J connectivity index is 1.66. The van der Waals surface area contributed by atoms with Gasteiger partial charge < -0.3 is 5.32 Å². The molecule has 0 aliphatic heterocycles. The van der Waals surface area contributed by atoms with Crippen molar-refractivity contribution in [2.45, 2.75) is 50.0 Å². The number of hydrogen-bond acceptors (Lipinski definition) is 5. The summed E-state index contributed by atoms with van der Waals surface area (Å²) in [6, 6.07) is 5.09. The molecule has 2 aromatic heterocycles. The molecule has 3 aliphatic rings. The highest BCUT2D eigenvalue weighted by Gasteiger charge is 2.52. The maximum Gasteiger partial charge on any atom is 0.242 e. The van der Waals surface area contributed by atoms with Gasteiger partial charge in [-0.25, -0.2) is 18.1 Å². The number of carbonyl (C=O) groups is 1. The quantitative estimate of drug-likeness (QED) is 0.823. The van der Waals surface area contributed by atoms with E-state index in [0.717, 1.165) is 31.2 Å². The number of nitrogens with one attached hydrogen (secondary N) is 2. The molecule has 142 valence electrons. The summed E-state index contributed by atoms with van der Waals surface area (Å²) in [6.45, 7) is 3.11. The topological polar surface area (TPSA) is 101 Å². The molecule has 0 atom stereocenters. The summed E-state index contributed by atoms with van der Waals surface area (Å²) in [5.74, 6) is 0.861. The molecule has 8 heteroatoms. The lowest BCUT2D eigenvalue weighted by molar-refractivity contribution is -0.114. The number of amides is 1. The molecule has 0 unspecified atom stereocenters. The van der Waals surface area contributed by atoms with Gasteiger partial charge in [0.1, 0.15) is 10.7 Å². The van der Waals surface area contributed by atoms with Crippen LogP contribution in [0.2, 0.25) is 0 Å². The molecule has 3 aliphatic carbocycles. The van der Waals surface area contributed by atoms with Crippen molar-refractivity contribution in [3.63, 3.8) is 0 Å². The lowest BCUT2D eigenvalue weighted by Gasteiger charge is -2.38. The molecule has 27 heavy (non-hydrogen) atoms. The van der Waals surface area contributed by atoms with Crippen molar-refractivity contribution in [3.8, 4) is 11.1 Å². The summed E-state index contributed by atoms with van der Waals surface area (Å²) in [5.41, 5.74) is 1.60. The summed E-state index contributed by atoms with van der Waals surface area (Å²) in [4.78, 5) is 19.8. The Bertz CT molecular complexity index is 1010. The number of anilines is 1. The lowest BCUT2D eigenvalue weighted by Crippen LogP contribution is -2.51. The van der Waals surface area contributed by atoms with Crippen LogP contribution in [0.15, 0.2) is 35.5 Å². The first-order valence-electron chi connectivity index (χ1n) is 9.01. The summed E-state index contributed by atoms with van der Waals surface area (Å²) in [7, 11) is -3.65. The van der Waals surface area contributed by atoms with Gasteiger partial charge in [0.15, 0.2) is 0 Å². The molecule has 0 aromatic carbocycles. The van der Waals surface area contributed by atoms with Gasteiger partial charge in [-0.3, -0.25) is 9.78 Å². The molecular formula is C19H22N4O3S. The van der Waals surface area contributed by atoms with E-state index in [1.807, 2.05) is 0 Å². The van der Waals surface area contributed by atoms with Gasteiger partial charge in [0.05, 0.1) is 5.69 Å². The average Bonchev–Trinajstić information content (AvgIpc) is 3.14. The van der Waals surface area contributed by atoms with Crippen LogP contribution >= 0.6 is 0 Å². The van der Waals surface area contributed by atoms with Gasteiger partial charge >= 0.3 is 0 Å². The van der Waals surface area contributed by atoms with Crippen LogP contribution in [-0.2, 0) is 14.8 Å². The summed E-state index contributed by atoms with van der Waals surface area (Å²) < 4.78 is 29.0. The van der Waals surface area contributed by atoms with E-state index in [1.165, 1.54) is 6.92 Å². The first-order valence-corrected chi connectivity index (χ1v) is 10.5. The molecule has 2 aromatic rings. The van der Waals surface area contributed by atoms with Crippen molar-refractivity contribution >= 4 is 21.7 Å². The van der Waals surface area contributed by atoms with Crippen molar-refractivity contribution in [1.82, 2.24) is 14.7 Å². The SMILES string of the molecule is CC(=O)Nc1cc(-c2cnc(C)c(S(=O)(=O)NC34CCC(C3)C4)c2)ccn1. The monoisotopic (exact) mass is 386 g/mol. The zero-order valence-electron chi connectivity index (χ0n) is 15.3.